The maximum atomic E-state index is 5.77. The molecule has 2 heterocycles. The fraction of sp³-hybridized carbons (Fsp3) is 0.0909. The van der Waals surface area contributed by atoms with Crippen LogP contribution in [0.5, 0.6) is 0 Å². The van der Waals surface area contributed by atoms with Gasteiger partial charge in [0.2, 0.25) is 0 Å². The highest BCUT2D eigenvalue weighted by atomic mass is 15.3. The van der Waals surface area contributed by atoms with Crippen molar-refractivity contribution in [2.75, 3.05) is 5.73 Å². The van der Waals surface area contributed by atoms with Crippen LogP contribution >= 0.6 is 0 Å². The molecule has 0 aliphatic heterocycles. The molecule has 16 heavy (non-hydrogen) atoms. The smallest absolute Gasteiger partial charge is 0.103 e. The van der Waals surface area contributed by atoms with Gasteiger partial charge in [-0.2, -0.15) is 10.2 Å². The summed E-state index contributed by atoms with van der Waals surface area (Å²) in [7, 11) is 1.88. The van der Waals surface area contributed by atoms with Gasteiger partial charge in [-0.15, -0.1) is 0 Å². The van der Waals surface area contributed by atoms with Crippen molar-refractivity contribution in [1.82, 2.24) is 19.6 Å². The summed E-state index contributed by atoms with van der Waals surface area (Å²) in [6, 6.07) is 5.75. The molecule has 2 aromatic heterocycles. The zero-order chi connectivity index (χ0) is 11.1. The van der Waals surface area contributed by atoms with Crippen molar-refractivity contribution < 1.29 is 0 Å². The summed E-state index contributed by atoms with van der Waals surface area (Å²) in [5.74, 6) is 0. The van der Waals surface area contributed by atoms with Gasteiger partial charge in [-0.05, 0) is 18.2 Å². The SMILES string of the molecule is Cn1cc(-n2ncc3ccc(N)cc32)cn1. The number of nitrogens with zero attached hydrogens (tertiary/aromatic N) is 4. The van der Waals surface area contributed by atoms with E-state index in [0.29, 0.717) is 0 Å². The molecule has 0 aliphatic rings. The fourth-order valence-corrected chi connectivity index (χ4v) is 1.76. The zero-order valence-corrected chi connectivity index (χ0v) is 8.83. The van der Waals surface area contributed by atoms with Crippen molar-refractivity contribution >= 4 is 16.6 Å². The van der Waals surface area contributed by atoms with Gasteiger partial charge in [0.25, 0.3) is 0 Å². The van der Waals surface area contributed by atoms with Gasteiger partial charge in [0, 0.05) is 18.1 Å². The first kappa shape index (κ1) is 8.96. The molecule has 5 nitrogen and oxygen atoms in total. The second kappa shape index (κ2) is 3.10. The molecule has 80 valence electrons. The van der Waals surface area contributed by atoms with Crippen molar-refractivity contribution in [3.05, 3.63) is 36.8 Å². The monoisotopic (exact) mass is 213 g/mol. The van der Waals surface area contributed by atoms with Crippen LogP contribution in [-0.4, -0.2) is 19.6 Å². The van der Waals surface area contributed by atoms with Crippen LogP contribution in [-0.2, 0) is 7.05 Å². The molecule has 0 spiro atoms. The zero-order valence-electron chi connectivity index (χ0n) is 8.83. The maximum absolute atomic E-state index is 5.77. The number of benzene rings is 1. The molecule has 0 bridgehead atoms. The Labute approximate surface area is 92.1 Å². The van der Waals surface area contributed by atoms with E-state index in [0.717, 1.165) is 22.3 Å². The van der Waals surface area contributed by atoms with Crippen LogP contribution < -0.4 is 5.73 Å². The van der Waals surface area contributed by atoms with E-state index in [9.17, 15) is 0 Å². The van der Waals surface area contributed by atoms with Crippen molar-refractivity contribution in [3.8, 4) is 5.69 Å². The summed E-state index contributed by atoms with van der Waals surface area (Å²) < 4.78 is 3.58. The molecule has 3 aromatic rings. The highest BCUT2D eigenvalue weighted by Gasteiger charge is 2.06. The third-order valence-electron chi connectivity index (χ3n) is 2.53. The Hall–Kier alpha value is -2.30. The minimum Gasteiger partial charge on any atom is -0.399 e. The maximum Gasteiger partial charge on any atom is 0.103 e. The molecular weight excluding hydrogens is 202 g/mol. The molecule has 0 amide bonds. The lowest BCUT2D eigenvalue weighted by molar-refractivity contribution is 0.766. The van der Waals surface area contributed by atoms with E-state index in [1.165, 1.54) is 0 Å². The Morgan fingerprint density at radius 2 is 2.06 bits per heavy atom. The second-order valence-electron chi connectivity index (χ2n) is 3.75. The average molecular weight is 213 g/mol. The van der Waals surface area contributed by atoms with Crippen molar-refractivity contribution in [2.45, 2.75) is 0 Å². The minimum atomic E-state index is 0.734. The van der Waals surface area contributed by atoms with Gasteiger partial charge < -0.3 is 5.73 Å². The number of anilines is 1. The number of hydrogen-bond donors (Lipinski definition) is 1. The molecule has 2 N–H and O–H groups in total. The van der Waals surface area contributed by atoms with Crippen molar-refractivity contribution in [1.29, 1.82) is 0 Å². The Balaban J connectivity index is 2.27. The number of aromatic nitrogens is 4. The third kappa shape index (κ3) is 1.25. The summed E-state index contributed by atoms with van der Waals surface area (Å²) in [5, 5.41) is 9.52. The molecule has 1 aromatic carbocycles. The van der Waals surface area contributed by atoms with E-state index in [2.05, 4.69) is 10.2 Å². The lowest BCUT2D eigenvalue weighted by Gasteiger charge is -1.99. The number of fused-ring (bicyclic) bond motifs is 1. The number of nitrogen functional groups attached to an aromatic ring is 1. The Morgan fingerprint density at radius 1 is 1.19 bits per heavy atom. The lowest BCUT2D eigenvalue weighted by Crippen LogP contribution is -1.95. The summed E-state index contributed by atoms with van der Waals surface area (Å²) >= 11 is 0. The molecule has 5 heteroatoms. The van der Waals surface area contributed by atoms with Crippen LogP contribution in [0.3, 0.4) is 0 Å². The van der Waals surface area contributed by atoms with Gasteiger partial charge in [-0.3, -0.25) is 4.68 Å². The van der Waals surface area contributed by atoms with Gasteiger partial charge in [-0.25, -0.2) is 4.68 Å². The standard InChI is InChI=1S/C11H11N5/c1-15-7-10(6-13-15)16-11-4-9(12)3-2-8(11)5-14-16/h2-7H,12H2,1H3. The van der Waals surface area contributed by atoms with E-state index in [1.54, 1.807) is 10.9 Å². The van der Waals surface area contributed by atoms with Crippen LogP contribution in [0.4, 0.5) is 5.69 Å². The third-order valence-corrected chi connectivity index (χ3v) is 2.53. The normalized spacial score (nSPS) is 11.1. The van der Waals surface area contributed by atoms with Gasteiger partial charge in [-0.1, -0.05) is 0 Å². The second-order valence-corrected chi connectivity index (χ2v) is 3.75. The van der Waals surface area contributed by atoms with E-state index in [-0.39, 0.29) is 0 Å². The highest BCUT2D eigenvalue weighted by Crippen LogP contribution is 2.20. The van der Waals surface area contributed by atoms with E-state index >= 15 is 0 Å². The molecule has 3 rings (SSSR count). The van der Waals surface area contributed by atoms with Gasteiger partial charge in [0.05, 0.1) is 24.1 Å². The molecule has 0 aliphatic carbocycles. The molecule has 0 unspecified atom stereocenters. The van der Waals surface area contributed by atoms with E-state index in [4.69, 9.17) is 5.73 Å². The van der Waals surface area contributed by atoms with Crippen LogP contribution in [0.2, 0.25) is 0 Å². The fourth-order valence-electron chi connectivity index (χ4n) is 1.76. The molecular formula is C11H11N5. The first-order chi connectivity index (χ1) is 7.74. The van der Waals surface area contributed by atoms with Gasteiger partial charge >= 0.3 is 0 Å². The first-order valence-corrected chi connectivity index (χ1v) is 4.96. The molecule has 0 radical (unpaired) electrons. The van der Waals surface area contributed by atoms with Crippen molar-refractivity contribution in [3.63, 3.8) is 0 Å². The van der Waals surface area contributed by atoms with Crippen LogP contribution in [0.15, 0.2) is 36.8 Å². The topological polar surface area (TPSA) is 61.7 Å². The minimum absolute atomic E-state index is 0.734. The van der Waals surface area contributed by atoms with E-state index in [1.807, 2.05) is 42.3 Å². The predicted octanol–water partition coefficient (Wildman–Crippen LogP) is 1.34. The summed E-state index contributed by atoms with van der Waals surface area (Å²) in [4.78, 5) is 0. The summed E-state index contributed by atoms with van der Waals surface area (Å²) in [5.41, 5.74) is 8.43. The van der Waals surface area contributed by atoms with Crippen molar-refractivity contribution in [2.24, 2.45) is 7.05 Å². The Bertz CT molecular complexity index is 649. The molecule has 0 fully saturated rings. The number of rotatable bonds is 1. The average Bonchev–Trinajstić information content (AvgIpc) is 2.83. The highest BCUT2D eigenvalue weighted by molar-refractivity contribution is 5.83. The summed E-state index contributed by atoms with van der Waals surface area (Å²) in [6.45, 7) is 0. The number of nitrogens with two attached hydrogens (primary N) is 1. The number of hydrogen-bond acceptors (Lipinski definition) is 3. The van der Waals surface area contributed by atoms with Crippen LogP contribution in [0.1, 0.15) is 0 Å². The summed E-state index contributed by atoms with van der Waals surface area (Å²) in [6.07, 6.45) is 5.51. The van der Waals surface area contributed by atoms with Crippen LogP contribution in [0.25, 0.3) is 16.6 Å². The Kier molecular flexibility index (Phi) is 1.73. The number of aryl methyl sites for hydroxylation is 1. The molecule has 0 atom stereocenters. The molecule has 0 saturated heterocycles. The van der Waals surface area contributed by atoms with Crippen LogP contribution in [0, 0.1) is 0 Å². The first-order valence-electron chi connectivity index (χ1n) is 4.96. The molecule has 0 saturated carbocycles. The lowest BCUT2D eigenvalue weighted by atomic mass is 10.2. The largest absolute Gasteiger partial charge is 0.399 e. The predicted molar refractivity (Wildman–Crippen MR) is 62.2 cm³/mol. The quantitative estimate of drug-likeness (QED) is 0.620. The van der Waals surface area contributed by atoms with Gasteiger partial charge in [0.15, 0.2) is 0 Å². The van der Waals surface area contributed by atoms with Gasteiger partial charge in [0.1, 0.15) is 5.69 Å². The Morgan fingerprint density at radius 3 is 2.81 bits per heavy atom. The van der Waals surface area contributed by atoms with E-state index < -0.39 is 0 Å².